The van der Waals surface area contributed by atoms with Crippen LogP contribution in [-0.2, 0) is 4.79 Å². The normalized spacial score (nSPS) is 16.7. The molecule has 0 saturated carbocycles. The molecule has 1 aliphatic rings. The van der Waals surface area contributed by atoms with Crippen LogP contribution in [0.3, 0.4) is 0 Å². The first-order chi connectivity index (χ1) is 14.1. The second kappa shape index (κ2) is 7.89. The summed E-state index contributed by atoms with van der Waals surface area (Å²) in [6.45, 7) is 0.526. The van der Waals surface area contributed by atoms with Gasteiger partial charge in [0.1, 0.15) is 11.6 Å². The zero-order valence-corrected chi connectivity index (χ0v) is 15.6. The van der Waals surface area contributed by atoms with E-state index in [1.54, 1.807) is 42.5 Å². The molecular formula is C22H20N2O5. The van der Waals surface area contributed by atoms with Gasteiger partial charge in [-0.15, -0.1) is 0 Å². The SMILES string of the molecule is O=C1NCCN(C(=O)c2cccc(-c3cc4ccccc4oc3=O)c2)C1CCO. The van der Waals surface area contributed by atoms with E-state index in [1.165, 1.54) is 4.90 Å². The Balaban J connectivity index is 1.70. The number of nitrogens with one attached hydrogen (secondary N) is 1. The first-order valence-electron chi connectivity index (χ1n) is 9.41. The third-order valence-electron chi connectivity index (χ3n) is 5.06. The van der Waals surface area contributed by atoms with E-state index in [0.29, 0.717) is 35.4 Å². The molecule has 0 bridgehead atoms. The molecule has 2 aromatic carbocycles. The molecule has 1 aliphatic heterocycles. The lowest BCUT2D eigenvalue weighted by molar-refractivity contribution is -0.128. The maximum Gasteiger partial charge on any atom is 0.344 e. The van der Waals surface area contributed by atoms with Crippen molar-refractivity contribution in [2.24, 2.45) is 0 Å². The molecular weight excluding hydrogens is 372 g/mol. The Bertz CT molecular complexity index is 1140. The van der Waals surface area contributed by atoms with Crippen molar-refractivity contribution in [1.29, 1.82) is 0 Å². The van der Waals surface area contributed by atoms with Crippen molar-refractivity contribution in [2.45, 2.75) is 12.5 Å². The number of carbonyl (C=O) groups excluding carboxylic acids is 2. The number of hydrogen-bond acceptors (Lipinski definition) is 5. The largest absolute Gasteiger partial charge is 0.422 e. The van der Waals surface area contributed by atoms with Crippen molar-refractivity contribution in [3.63, 3.8) is 0 Å². The predicted molar refractivity (Wildman–Crippen MR) is 107 cm³/mol. The Morgan fingerprint density at radius 3 is 2.79 bits per heavy atom. The number of piperazine rings is 1. The van der Waals surface area contributed by atoms with Gasteiger partial charge in [0.2, 0.25) is 5.91 Å². The fraction of sp³-hybridized carbons (Fsp3) is 0.227. The third kappa shape index (κ3) is 3.64. The first-order valence-corrected chi connectivity index (χ1v) is 9.41. The summed E-state index contributed by atoms with van der Waals surface area (Å²) in [5.74, 6) is -0.588. The van der Waals surface area contributed by atoms with Crippen molar-refractivity contribution in [2.75, 3.05) is 19.7 Å². The zero-order valence-electron chi connectivity index (χ0n) is 15.6. The minimum Gasteiger partial charge on any atom is -0.422 e. The van der Waals surface area contributed by atoms with Crippen molar-refractivity contribution in [3.8, 4) is 11.1 Å². The van der Waals surface area contributed by atoms with Gasteiger partial charge < -0.3 is 19.7 Å². The molecule has 2 N–H and O–H groups in total. The summed E-state index contributed by atoms with van der Waals surface area (Å²) in [7, 11) is 0. The average Bonchev–Trinajstić information content (AvgIpc) is 2.74. The van der Waals surface area contributed by atoms with Gasteiger partial charge in [0.05, 0.1) is 5.56 Å². The van der Waals surface area contributed by atoms with Crippen LogP contribution in [0.2, 0.25) is 0 Å². The molecule has 1 fully saturated rings. The zero-order chi connectivity index (χ0) is 20.4. The minimum absolute atomic E-state index is 0.172. The van der Waals surface area contributed by atoms with E-state index >= 15 is 0 Å². The second-order valence-electron chi connectivity index (χ2n) is 6.88. The summed E-state index contributed by atoms with van der Waals surface area (Å²) in [6.07, 6.45) is 0.172. The van der Waals surface area contributed by atoms with Gasteiger partial charge in [0.15, 0.2) is 0 Å². The maximum atomic E-state index is 13.1. The van der Waals surface area contributed by atoms with Gasteiger partial charge in [-0.3, -0.25) is 9.59 Å². The average molecular weight is 392 g/mol. The van der Waals surface area contributed by atoms with Crippen LogP contribution in [0.5, 0.6) is 0 Å². The summed E-state index contributed by atoms with van der Waals surface area (Å²) >= 11 is 0. The Labute approximate surface area is 166 Å². The molecule has 0 aliphatic carbocycles. The number of para-hydroxylation sites is 1. The summed E-state index contributed by atoms with van der Waals surface area (Å²) in [5.41, 5.74) is 1.31. The number of aliphatic hydroxyl groups is 1. The molecule has 4 rings (SSSR count). The topological polar surface area (TPSA) is 99.9 Å². The van der Waals surface area contributed by atoms with Crippen LogP contribution in [0, 0.1) is 0 Å². The minimum atomic E-state index is -0.712. The van der Waals surface area contributed by atoms with E-state index in [0.717, 1.165) is 5.39 Å². The summed E-state index contributed by atoms with van der Waals surface area (Å²) in [6, 6.07) is 15.0. The van der Waals surface area contributed by atoms with E-state index in [9.17, 15) is 19.5 Å². The number of aliphatic hydroxyl groups excluding tert-OH is 1. The van der Waals surface area contributed by atoms with E-state index in [4.69, 9.17) is 4.42 Å². The molecule has 1 unspecified atom stereocenters. The Morgan fingerprint density at radius 2 is 1.97 bits per heavy atom. The summed E-state index contributed by atoms with van der Waals surface area (Å²) in [4.78, 5) is 39.1. The molecule has 0 spiro atoms. The Morgan fingerprint density at radius 1 is 1.14 bits per heavy atom. The monoisotopic (exact) mass is 392 g/mol. The van der Waals surface area contributed by atoms with Gasteiger partial charge in [-0.25, -0.2) is 4.79 Å². The van der Waals surface area contributed by atoms with Crippen LogP contribution in [0.4, 0.5) is 0 Å². The van der Waals surface area contributed by atoms with E-state index in [1.807, 2.05) is 12.1 Å². The molecule has 0 radical (unpaired) electrons. The van der Waals surface area contributed by atoms with Crippen molar-refractivity contribution in [1.82, 2.24) is 10.2 Å². The number of rotatable bonds is 4. The van der Waals surface area contributed by atoms with Crippen LogP contribution in [0.1, 0.15) is 16.8 Å². The molecule has 3 aromatic rings. The van der Waals surface area contributed by atoms with Gasteiger partial charge in [0, 0.05) is 30.6 Å². The highest BCUT2D eigenvalue weighted by atomic mass is 16.4. The van der Waals surface area contributed by atoms with Gasteiger partial charge in [0.25, 0.3) is 5.91 Å². The lowest BCUT2D eigenvalue weighted by atomic mass is 10.0. The van der Waals surface area contributed by atoms with Crippen molar-refractivity contribution < 1.29 is 19.1 Å². The Kier molecular flexibility index (Phi) is 5.14. The Hall–Kier alpha value is -3.45. The molecule has 1 atom stereocenters. The number of fused-ring (bicyclic) bond motifs is 1. The fourth-order valence-electron chi connectivity index (χ4n) is 3.62. The molecule has 1 saturated heterocycles. The summed E-state index contributed by atoms with van der Waals surface area (Å²) in [5, 5.41) is 12.8. The van der Waals surface area contributed by atoms with Crippen LogP contribution in [0.15, 0.2) is 63.8 Å². The van der Waals surface area contributed by atoms with Gasteiger partial charge in [-0.2, -0.15) is 0 Å². The molecule has 2 amide bonds. The number of carbonyl (C=O) groups is 2. The lowest BCUT2D eigenvalue weighted by Gasteiger charge is -2.34. The number of hydrogen-bond donors (Lipinski definition) is 2. The van der Waals surface area contributed by atoms with Gasteiger partial charge in [-0.05, 0) is 36.2 Å². The number of benzene rings is 2. The van der Waals surface area contributed by atoms with Crippen LogP contribution in [-0.4, -0.2) is 47.6 Å². The van der Waals surface area contributed by atoms with Gasteiger partial charge in [-0.1, -0.05) is 30.3 Å². The highest BCUT2D eigenvalue weighted by Gasteiger charge is 2.33. The molecule has 2 heterocycles. The smallest absolute Gasteiger partial charge is 0.344 e. The quantitative estimate of drug-likeness (QED) is 0.660. The standard InChI is InChI=1S/C22H20N2O5/c25-11-8-18-20(26)23-9-10-24(18)21(27)16-6-3-5-14(12-16)17-13-15-4-1-2-7-19(15)29-22(17)28/h1-7,12-13,18,25H,8-11H2,(H,23,26). The molecule has 148 valence electrons. The predicted octanol–water partition coefficient (Wildman–Crippen LogP) is 1.78. The van der Waals surface area contributed by atoms with Crippen molar-refractivity contribution in [3.05, 3.63) is 70.6 Å². The van der Waals surface area contributed by atoms with Crippen LogP contribution in [0.25, 0.3) is 22.1 Å². The van der Waals surface area contributed by atoms with Crippen molar-refractivity contribution >= 4 is 22.8 Å². The lowest BCUT2D eigenvalue weighted by Crippen LogP contribution is -2.57. The molecule has 29 heavy (non-hydrogen) atoms. The van der Waals surface area contributed by atoms with Crippen LogP contribution < -0.4 is 10.9 Å². The highest BCUT2D eigenvalue weighted by molar-refractivity contribution is 5.99. The molecule has 1 aromatic heterocycles. The van der Waals surface area contributed by atoms with E-state index < -0.39 is 11.7 Å². The number of amides is 2. The third-order valence-corrected chi connectivity index (χ3v) is 5.06. The highest BCUT2D eigenvalue weighted by Crippen LogP contribution is 2.23. The fourth-order valence-corrected chi connectivity index (χ4v) is 3.62. The molecule has 7 heteroatoms. The van der Waals surface area contributed by atoms with Gasteiger partial charge >= 0.3 is 5.63 Å². The van der Waals surface area contributed by atoms with E-state index in [2.05, 4.69) is 5.32 Å². The number of nitrogens with zero attached hydrogens (tertiary/aromatic N) is 1. The summed E-state index contributed by atoms with van der Waals surface area (Å²) < 4.78 is 5.40. The maximum absolute atomic E-state index is 13.1. The van der Waals surface area contributed by atoms with E-state index in [-0.39, 0.29) is 24.8 Å². The second-order valence-corrected chi connectivity index (χ2v) is 6.88. The molecule has 7 nitrogen and oxygen atoms in total. The first kappa shape index (κ1) is 18.9. The van der Waals surface area contributed by atoms with Crippen LogP contribution >= 0.6 is 0 Å².